The number of nitro groups is 1. The summed E-state index contributed by atoms with van der Waals surface area (Å²) in [6, 6.07) is 6.64. The second kappa shape index (κ2) is 9.68. The third kappa shape index (κ3) is 5.43. The molecule has 1 atom stereocenters. The fourth-order valence-corrected chi connectivity index (χ4v) is 2.65. The number of halogens is 1. The third-order valence-electron chi connectivity index (χ3n) is 4.26. The molecule has 160 valence electrons. The molecule has 2 N–H and O–H groups in total. The highest BCUT2D eigenvalue weighted by Crippen LogP contribution is 2.24. The largest absolute Gasteiger partial charge is 0.497 e. The zero-order chi connectivity index (χ0) is 22.4. The number of methoxy groups -OCH3 is 2. The minimum absolute atomic E-state index is 0.0380. The van der Waals surface area contributed by atoms with Crippen LogP contribution in [0.4, 0.5) is 15.8 Å². The summed E-state index contributed by atoms with van der Waals surface area (Å²) in [6.45, 7) is 3.45. The van der Waals surface area contributed by atoms with Gasteiger partial charge in [0.15, 0.2) is 0 Å². The molecule has 2 aromatic carbocycles. The summed E-state index contributed by atoms with van der Waals surface area (Å²) in [5.74, 6) is -1.65. The van der Waals surface area contributed by atoms with Gasteiger partial charge < -0.3 is 20.1 Å². The van der Waals surface area contributed by atoms with Crippen LogP contribution in [0.3, 0.4) is 0 Å². The maximum Gasteiger partial charge on any atom is 0.306 e. The Balaban J connectivity index is 2.22. The molecule has 30 heavy (non-hydrogen) atoms. The van der Waals surface area contributed by atoms with E-state index in [0.717, 1.165) is 12.1 Å². The van der Waals surface area contributed by atoms with E-state index in [1.807, 2.05) is 0 Å². The zero-order valence-corrected chi connectivity index (χ0v) is 16.9. The molecule has 0 saturated carbocycles. The molecule has 0 radical (unpaired) electrons. The molecule has 9 nitrogen and oxygen atoms in total. The van der Waals surface area contributed by atoms with Crippen LogP contribution in [0.15, 0.2) is 36.4 Å². The van der Waals surface area contributed by atoms with Crippen LogP contribution in [0, 0.1) is 21.8 Å². The third-order valence-corrected chi connectivity index (χ3v) is 4.26. The minimum atomic E-state index is -1.02. The van der Waals surface area contributed by atoms with Crippen molar-refractivity contribution < 1.29 is 28.4 Å². The minimum Gasteiger partial charge on any atom is -0.497 e. The van der Waals surface area contributed by atoms with E-state index in [-0.39, 0.29) is 17.2 Å². The van der Waals surface area contributed by atoms with Gasteiger partial charge in [-0.3, -0.25) is 19.7 Å². The highest BCUT2D eigenvalue weighted by Gasteiger charge is 2.26. The van der Waals surface area contributed by atoms with Crippen molar-refractivity contribution in [3.8, 4) is 11.5 Å². The number of nitrogens with zero attached hydrogens (tertiary/aromatic N) is 1. The van der Waals surface area contributed by atoms with Crippen molar-refractivity contribution in [3.63, 3.8) is 0 Å². The Morgan fingerprint density at radius 1 is 1.07 bits per heavy atom. The molecular formula is C20H22FN3O6. The van der Waals surface area contributed by atoms with E-state index >= 15 is 0 Å². The molecule has 2 amide bonds. The highest BCUT2D eigenvalue weighted by atomic mass is 19.1. The Labute approximate surface area is 172 Å². The lowest BCUT2D eigenvalue weighted by Gasteiger charge is -2.22. The van der Waals surface area contributed by atoms with Crippen LogP contribution in [-0.4, -0.2) is 37.0 Å². The van der Waals surface area contributed by atoms with Crippen LogP contribution in [0.5, 0.6) is 11.5 Å². The van der Waals surface area contributed by atoms with Gasteiger partial charge in [-0.2, -0.15) is 4.39 Å². The number of hydrogen-bond donors (Lipinski definition) is 2. The summed E-state index contributed by atoms with van der Waals surface area (Å²) in [7, 11) is 2.89. The smallest absolute Gasteiger partial charge is 0.306 e. The van der Waals surface area contributed by atoms with Gasteiger partial charge in [0, 0.05) is 23.4 Å². The van der Waals surface area contributed by atoms with Gasteiger partial charge in [-0.15, -0.1) is 0 Å². The molecule has 2 aromatic rings. The fourth-order valence-electron chi connectivity index (χ4n) is 2.65. The first-order valence-corrected chi connectivity index (χ1v) is 8.95. The van der Waals surface area contributed by atoms with Gasteiger partial charge in [0.1, 0.15) is 17.5 Å². The molecule has 0 fully saturated rings. The molecule has 0 aliphatic heterocycles. The summed E-state index contributed by atoms with van der Waals surface area (Å²) in [5, 5.41) is 16.0. The maximum absolute atomic E-state index is 13.5. The zero-order valence-electron chi connectivity index (χ0n) is 16.9. The van der Waals surface area contributed by atoms with E-state index in [2.05, 4.69) is 10.6 Å². The first-order valence-electron chi connectivity index (χ1n) is 8.95. The van der Waals surface area contributed by atoms with Gasteiger partial charge in [0.2, 0.25) is 11.7 Å². The van der Waals surface area contributed by atoms with Crippen molar-refractivity contribution in [2.75, 3.05) is 19.5 Å². The van der Waals surface area contributed by atoms with Gasteiger partial charge >= 0.3 is 5.69 Å². The SMILES string of the molecule is COc1cc(OC)cc(C(=O)N[C@H](C(=O)Nc2ccc(F)c([N+](=O)[O-])c2)C(C)C)c1. The van der Waals surface area contributed by atoms with Gasteiger partial charge in [0.05, 0.1) is 19.1 Å². The maximum atomic E-state index is 13.5. The van der Waals surface area contributed by atoms with Crippen molar-refractivity contribution in [2.24, 2.45) is 5.92 Å². The fraction of sp³-hybridized carbons (Fsp3) is 0.300. The average Bonchev–Trinajstić information content (AvgIpc) is 2.72. The Morgan fingerprint density at radius 2 is 1.67 bits per heavy atom. The van der Waals surface area contributed by atoms with Gasteiger partial charge in [-0.05, 0) is 30.2 Å². The van der Waals surface area contributed by atoms with E-state index in [9.17, 15) is 24.1 Å². The number of benzene rings is 2. The molecule has 10 heteroatoms. The number of nitro benzene ring substituents is 1. The molecule has 0 spiro atoms. The molecule has 0 aromatic heterocycles. The summed E-state index contributed by atoms with van der Waals surface area (Å²) >= 11 is 0. The standard InChI is InChI=1S/C20H22FN3O6/c1-11(2)18(20(26)22-13-5-6-16(21)17(9-13)24(27)28)23-19(25)12-7-14(29-3)10-15(8-12)30-4/h5-11,18H,1-4H3,(H,22,26)(H,23,25)/t18-/m0/s1. The Bertz CT molecular complexity index is 941. The van der Waals surface area contributed by atoms with Gasteiger partial charge in [0.25, 0.3) is 5.91 Å². The number of rotatable bonds is 8. The molecule has 0 saturated heterocycles. The Morgan fingerprint density at radius 3 is 2.17 bits per heavy atom. The van der Waals surface area contributed by atoms with Crippen LogP contribution in [0.25, 0.3) is 0 Å². The molecule has 0 aliphatic carbocycles. The van der Waals surface area contributed by atoms with Gasteiger partial charge in [-0.1, -0.05) is 13.8 Å². The van der Waals surface area contributed by atoms with Crippen LogP contribution < -0.4 is 20.1 Å². The number of ether oxygens (including phenoxy) is 2. The van der Waals surface area contributed by atoms with E-state index in [1.165, 1.54) is 32.4 Å². The first-order chi connectivity index (χ1) is 14.2. The van der Waals surface area contributed by atoms with Crippen LogP contribution in [-0.2, 0) is 4.79 Å². The summed E-state index contributed by atoms with van der Waals surface area (Å²) in [5.41, 5.74) is -0.500. The summed E-state index contributed by atoms with van der Waals surface area (Å²) < 4.78 is 23.8. The highest BCUT2D eigenvalue weighted by molar-refractivity contribution is 6.01. The molecule has 2 rings (SSSR count). The number of carbonyl (C=O) groups excluding carboxylic acids is 2. The Hall–Kier alpha value is -3.69. The number of hydrogen-bond acceptors (Lipinski definition) is 6. The second-order valence-corrected chi connectivity index (χ2v) is 6.71. The van der Waals surface area contributed by atoms with E-state index < -0.39 is 34.3 Å². The normalized spacial score (nSPS) is 11.5. The van der Waals surface area contributed by atoms with Crippen molar-refractivity contribution in [1.29, 1.82) is 0 Å². The molecular weight excluding hydrogens is 397 g/mol. The topological polar surface area (TPSA) is 120 Å². The molecule has 0 bridgehead atoms. The molecule has 0 heterocycles. The Kier molecular flexibility index (Phi) is 7.29. The van der Waals surface area contributed by atoms with Crippen molar-refractivity contribution in [2.45, 2.75) is 19.9 Å². The van der Waals surface area contributed by atoms with Crippen LogP contribution in [0.1, 0.15) is 24.2 Å². The molecule has 0 unspecified atom stereocenters. The number of anilines is 1. The van der Waals surface area contributed by atoms with Gasteiger partial charge in [-0.25, -0.2) is 0 Å². The lowest BCUT2D eigenvalue weighted by atomic mass is 10.0. The number of amides is 2. The van der Waals surface area contributed by atoms with Crippen LogP contribution in [0.2, 0.25) is 0 Å². The quantitative estimate of drug-likeness (QED) is 0.501. The number of nitrogens with one attached hydrogen (secondary N) is 2. The average molecular weight is 419 g/mol. The predicted octanol–water partition coefficient (Wildman–Crippen LogP) is 3.14. The summed E-state index contributed by atoms with van der Waals surface area (Å²) in [6.07, 6.45) is 0. The van der Waals surface area contributed by atoms with Crippen LogP contribution >= 0.6 is 0 Å². The second-order valence-electron chi connectivity index (χ2n) is 6.71. The van der Waals surface area contributed by atoms with Crippen molar-refractivity contribution in [1.82, 2.24) is 5.32 Å². The lowest BCUT2D eigenvalue weighted by molar-refractivity contribution is -0.387. The van der Waals surface area contributed by atoms with Crippen molar-refractivity contribution >= 4 is 23.2 Å². The van der Waals surface area contributed by atoms with E-state index in [1.54, 1.807) is 19.9 Å². The van der Waals surface area contributed by atoms with E-state index in [4.69, 9.17) is 9.47 Å². The first kappa shape index (κ1) is 22.6. The van der Waals surface area contributed by atoms with Crippen molar-refractivity contribution in [3.05, 3.63) is 57.9 Å². The number of carbonyl (C=O) groups is 2. The van der Waals surface area contributed by atoms with E-state index in [0.29, 0.717) is 11.5 Å². The summed E-state index contributed by atoms with van der Waals surface area (Å²) in [4.78, 5) is 35.4. The molecule has 0 aliphatic rings. The monoisotopic (exact) mass is 419 g/mol. The lowest BCUT2D eigenvalue weighted by Crippen LogP contribution is -2.47. The predicted molar refractivity (Wildman–Crippen MR) is 107 cm³/mol.